The zero-order chi connectivity index (χ0) is 9.19. The molecule has 2 nitrogen and oxygen atoms in total. The van der Waals surface area contributed by atoms with Crippen LogP contribution in [0.2, 0.25) is 0 Å². The summed E-state index contributed by atoms with van der Waals surface area (Å²) in [5, 5.41) is 3.70. The Labute approximate surface area is 78.1 Å². The van der Waals surface area contributed by atoms with Gasteiger partial charge in [0.05, 0.1) is 6.54 Å². The summed E-state index contributed by atoms with van der Waals surface area (Å²) in [7, 11) is 0. The Morgan fingerprint density at radius 1 is 1.75 bits per heavy atom. The van der Waals surface area contributed by atoms with E-state index >= 15 is 0 Å². The highest BCUT2D eigenvalue weighted by Crippen LogP contribution is 2.24. The maximum atomic E-state index is 13.3. The normalized spacial score (nSPS) is 29.1. The molecule has 70 valence electrons. The van der Waals surface area contributed by atoms with Crippen molar-refractivity contribution in [3.8, 4) is 0 Å². The fourth-order valence-corrected chi connectivity index (χ4v) is 1.66. The third kappa shape index (κ3) is 2.30. The second kappa shape index (κ2) is 3.56. The number of nitrogens with one attached hydrogen (secondary N) is 1. The monoisotopic (exact) mass is 190 g/mol. The predicted octanol–water partition coefficient (Wildman–Crippen LogP) is 1.31. The van der Waals surface area contributed by atoms with Crippen LogP contribution in [-0.4, -0.2) is 35.3 Å². The van der Waals surface area contributed by atoms with Gasteiger partial charge in [-0.3, -0.25) is 0 Å². The summed E-state index contributed by atoms with van der Waals surface area (Å²) < 4.78 is 13.3. The molecule has 1 N–H and O–H groups in total. The number of rotatable bonds is 1. The van der Waals surface area contributed by atoms with Crippen LogP contribution in [-0.2, 0) is 0 Å². The molecule has 1 atom stereocenters. The summed E-state index contributed by atoms with van der Waals surface area (Å²) in [6.07, 6.45) is 0.582. The van der Waals surface area contributed by atoms with E-state index < -0.39 is 5.67 Å². The molecule has 0 aromatic carbocycles. The van der Waals surface area contributed by atoms with Crippen LogP contribution in [0.25, 0.3) is 0 Å². The van der Waals surface area contributed by atoms with Crippen molar-refractivity contribution in [1.82, 2.24) is 10.2 Å². The Morgan fingerprint density at radius 2 is 2.42 bits per heavy atom. The fourth-order valence-electron chi connectivity index (χ4n) is 1.36. The largest absolute Gasteiger partial charge is 0.363 e. The Balaban J connectivity index is 2.41. The zero-order valence-corrected chi connectivity index (χ0v) is 8.38. The van der Waals surface area contributed by atoms with Crippen LogP contribution in [0.1, 0.15) is 20.3 Å². The van der Waals surface area contributed by atoms with Gasteiger partial charge in [-0.2, -0.15) is 0 Å². The minimum Gasteiger partial charge on any atom is -0.363 e. The highest BCUT2D eigenvalue weighted by Gasteiger charge is 2.34. The molecular formula is C8H15FN2S. The highest BCUT2D eigenvalue weighted by atomic mass is 32.1. The van der Waals surface area contributed by atoms with E-state index in [1.807, 2.05) is 11.8 Å². The third-order valence-corrected chi connectivity index (χ3v) is 2.44. The minimum absolute atomic E-state index is 0.429. The summed E-state index contributed by atoms with van der Waals surface area (Å²) in [4.78, 5) is 1.89. The zero-order valence-electron chi connectivity index (χ0n) is 7.56. The van der Waals surface area contributed by atoms with E-state index in [4.69, 9.17) is 12.2 Å². The smallest absolute Gasteiger partial charge is 0.169 e. The summed E-state index contributed by atoms with van der Waals surface area (Å²) in [5.41, 5.74) is -1.06. The molecule has 0 aliphatic carbocycles. The van der Waals surface area contributed by atoms with Gasteiger partial charge in [0.1, 0.15) is 5.67 Å². The molecule has 1 saturated heterocycles. The van der Waals surface area contributed by atoms with E-state index in [2.05, 4.69) is 5.32 Å². The quantitative estimate of drug-likeness (QED) is 0.628. The molecule has 0 amide bonds. The van der Waals surface area contributed by atoms with Crippen LogP contribution in [0.15, 0.2) is 0 Å². The Morgan fingerprint density at radius 3 is 2.83 bits per heavy atom. The molecule has 1 rings (SSSR count). The second-order valence-electron chi connectivity index (χ2n) is 3.42. The van der Waals surface area contributed by atoms with Gasteiger partial charge >= 0.3 is 0 Å². The van der Waals surface area contributed by atoms with Crippen molar-refractivity contribution in [2.24, 2.45) is 0 Å². The van der Waals surface area contributed by atoms with Gasteiger partial charge in [-0.05, 0) is 26.1 Å². The number of hydrogen-bond acceptors (Lipinski definition) is 1. The standard InChI is InChI=1S/C8H15FN2S/c1-3-10-7(12)11-5-4-8(2,9)6-11/h3-6H2,1-2H3,(H,10,12). The molecule has 0 bridgehead atoms. The molecule has 4 heteroatoms. The van der Waals surface area contributed by atoms with Gasteiger partial charge in [-0.1, -0.05) is 0 Å². The lowest BCUT2D eigenvalue weighted by Crippen LogP contribution is -2.39. The number of alkyl halides is 1. The Hall–Kier alpha value is -0.380. The molecule has 0 aromatic rings. The molecular weight excluding hydrogens is 175 g/mol. The molecule has 12 heavy (non-hydrogen) atoms. The van der Waals surface area contributed by atoms with E-state index in [-0.39, 0.29) is 0 Å². The van der Waals surface area contributed by atoms with Crippen LogP contribution >= 0.6 is 12.2 Å². The van der Waals surface area contributed by atoms with Crippen LogP contribution in [0.4, 0.5) is 4.39 Å². The lowest BCUT2D eigenvalue weighted by atomic mass is 10.1. The first-order valence-corrected chi connectivity index (χ1v) is 4.68. The van der Waals surface area contributed by atoms with Gasteiger partial charge < -0.3 is 10.2 Å². The van der Waals surface area contributed by atoms with Crippen LogP contribution < -0.4 is 5.32 Å². The van der Waals surface area contributed by atoms with E-state index in [0.717, 1.165) is 13.1 Å². The average Bonchev–Trinajstić information content (AvgIpc) is 2.31. The molecule has 0 aromatic heterocycles. The first kappa shape index (κ1) is 9.71. The van der Waals surface area contributed by atoms with Crippen molar-refractivity contribution in [2.45, 2.75) is 25.9 Å². The number of nitrogens with zero attached hydrogens (tertiary/aromatic N) is 1. The number of halogens is 1. The van der Waals surface area contributed by atoms with Crippen molar-refractivity contribution in [3.05, 3.63) is 0 Å². The van der Waals surface area contributed by atoms with Gasteiger partial charge in [0.2, 0.25) is 0 Å². The van der Waals surface area contributed by atoms with Crippen LogP contribution in [0.5, 0.6) is 0 Å². The van der Waals surface area contributed by atoms with E-state index in [1.54, 1.807) is 6.92 Å². The fraction of sp³-hybridized carbons (Fsp3) is 0.875. The number of likely N-dealkylation sites (tertiary alicyclic amines) is 1. The Bertz CT molecular complexity index is 182. The van der Waals surface area contributed by atoms with Crippen molar-refractivity contribution in [1.29, 1.82) is 0 Å². The van der Waals surface area contributed by atoms with Crippen molar-refractivity contribution in [2.75, 3.05) is 19.6 Å². The molecule has 1 aliphatic rings. The average molecular weight is 190 g/mol. The molecule has 1 fully saturated rings. The van der Waals surface area contributed by atoms with E-state index in [0.29, 0.717) is 18.1 Å². The highest BCUT2D eigenvalue weighted by molar-refractivity contribution is 7.80. The van der Waals surface area contributed by atoms with E-state index in [1.165, 1.54) is 0 Å². The lowest BCUT2D eigenvalue weighted by Gasteiger charge is -2.20. The van der Waals surface area contributed by atoms with Crippen LogP contribution in [0.3, 0.4) is 0 Å². The predicted molar refractivity (Wildman–Crippen MR) is 52.0 cm³/mol. The van der Waals surface area contributed by atoms with Gasteiger partial charge in [0.15, 0.2) is 5.11 Å². The van der Waals surface area contributed by atoms with Crippen molar-refractivity contribution >= 4 is 17.3 Å². The van der Waals surface area contributed by atoms with Gasteiger partial charge in [-0.15, -0.1) is 0 Å². The van der Waals surface area contributed by atoms with Crippen molar-refractivity contribution < 1.29 is 4.39 Å². The van der Waals surface area contributed by atoms with Crippen molar-refractivity contribution in [3.63, 3.8) is 0 Å². The number of thiocarbonyl (C=S) groups is 1. The lowest BCUT2D eigenvalue weighted by molar-refractivity contribution is 0.206. The maximum Gasteiger partial charge on any atom is 0.169 e. The molecule has 0 spiro atoms. The maximum absolute atomic E-state index is 13.3. The molecule has 0 saturated carbocycles. The van der Waals surface area contributed by atoms with Gasteiger partial charge in [-0.25, -0.2) is 4.39 Å². The molecule has 1 aliphatic heterocycles. The second-order valence-corrected chi connectivity index (χ2v) is 3.81. The summed E-state index contributed by atoms with van der Waals surface area (Å²) in [6, 6.07) is 0. The summed E-state index contributed by atoms with van der Waals surface area (Å²) in [5.74, 6) is 0. The van der Waals surface area contributed by atoms with Crippen LogP contribution in [0, 0.1) is 0 Å². The Kier molecular flexibility index (Phi) is 2.88. The molecule has 1 heterocycles. The minimum atomic E-state index is -1.06. The van der Waals surface area contributed by atoms with Gasteiger partial charge in [0, 0.05) is 19.5 Å². The summed E-state index contributed by atoms with van der Waals surface area (Å²) >= 11 is 5.06. The molecule has 1 unspecified atom stereocenters. The SMILES string of the molecule is CCNC(=S)N1CCC(C)(F)C1. The first-order chi connectivity index (χ1) is 5.55. The topological polar surface area (TPSA) is 15.3 Å². The first-order valence-electron chi connectivity index (χ1n) is 4.27. The third-order valence-electron chi connectivity index (χ3n) is 2.04. The summed E-state index contributed by atoms with van der Waals surface area (Å²) in [6.45, 7) is 5.58. The van der Waals surface area contributed by atoms with E-state index in [9.17, 15) is 4.39 Å². The molecule has 0 radical (unpaired) electrons. The number of hydrogen-bond donors (Lipinski definition) is 1. The van der Waals surface area contributed by atoms with Gasteiger partial charge in [0.25, 0.3) is 0 Å².